The topological polar surface area (TPSA) is 67.2 Å². The Hall–Kier alpha value is -2.31. The highest BCUT2D eigenvalue weighted by molar-refractivity contribution is 6.31. The van der Waals surface area contributed by atoms with E-state index >= 15 is 0 Å². The van der Waals surface area contributed by atoms with Crippen LogP contribution in [-0.2, 0) is 16.1 Å². The van der Waals surface area contributed by atoms with Crippen molar-refractivity contribution >= 4 is 41.1 Å². The number of carbonyl (C=O) groups is 2. The van der Waals surface area contributed by atoms with E-state index in [1.165, 1.54) is 11.0 Å². The quantitative estimate of drug-likeness (QED) is 0.637. The molecule has 0 aliphatic rings. The predicted molar refractivity (Wildman–Crippen MR) is 117 cm³/mol. The number of hydrogen-bond acceptors (Lipinski definition) is 3. The number of halogens is 2. The molecule has 29 heavy (non-hydrogen) atoms. The summed E-state index contributed by atoms with van der Waals surface area (Å²) < 4.78 is 1.68. The van der Waals surface area contributed by atoms with Gasteiger partial charge in [-0.15, -0.1) is 0 Å². The number of amides is 2. The zero-order valence-corrected chi connectivity index (χ0v) is 18.6. The lowest BCUT2D eigenvalue weighted by molar-refractivity contribution is -0.132. The summed E-state index contributed by atoms with van der Waals surface area (Å²) in [6, 6.07) is 7.48. The number of nitrogens with one attached hydrogen (secondary N) is 1. The lowest BCUT2D eigenvalue weighted by atomic mass is 10.2. The van der Waals surface area contributed by atoms with Gasteiger partial charge in [0.05, 0.1) is 18.8 Å². The first-order valence-electron chi connectivity index (χ1n) is 9.45. The molecule has 0 unspecified atom stereocenters. The van der Waals surface area contributed by atoms with Gasteiger partial charge in [-0.1, -0.05) is 35.3 Å². The van der Waals surface area contributed by atoms with Crippen LogP contribution < -0.4 is 5.32 Å². The largest absolute Gasteiger partial charge is 0.352 e. The molecule has 2 amide bonds. The third-order valence-electron chi connectivity index (χ3n) is 4.23. The second-order valence-electron chi connectivity index (χ2n) is 6.98. The molecule has 0 spiro atoms. The highest BCUT2D eigenvalue weighted by atomic mass is 35.5. The molecule has 6 nitrogen and oxygen atoms in total. The SMILES string of the molecule is CCN(CC(=O)NC(C)C)C(=O)C=Cc1c(C)nn(Cc2ccc(Cl)cc2)c1Cl. The van der Waals surface area contributed by atoms with Gasteiger partial charge in [0.1, 0.15) is 5.15 Å². The number of rotatable bonds is 8. The summed E-state index contributed by atoms with van der Waals surface area (Å²) in [7, 11) is 0. The van der Waals surface area contributed by atoms with Gasteiger partial charge in [0.25, 0.3) is 0 Å². The summed E-state index contributed by atoms with van der Waals surface area (Å²) in [5.74, 6) is -0.444. The van der Waals surface area contributed by atoms with E-state index in [9.17, 15) is 9.59 Å². The van der Waals surface area contributed by atoms with E-state index in [1.54, 1.807) is 10.8 Å². The smallest absolute Gasteiger partial charge is 0.247 e. The minimum atomic E-state index is -0.257. The van der Waals surface area contributed by atoms with Crippen molar-refractivity contribution in [3.8, 4) is 0 Å². The molecule has 0 saturated heterocycles. The Morgan fingerprint density at radius 3 is 2.48 bits per heavy atom. The molecular weight excluding hydrogens is 411 g/mol. The number of nitrogens with zero attached hydrogens (tertiary/aromatic N) is 3. The molecule has 0 aliphatic carbocycles. The van der Waals surface area contributed by atoms with Crippen molar-refractivity contribution in [3.63, 3.8) is 0 Å². The van der Waals surface area contributed by atoms with Crippen LogP contribution in [0.4, 0.5) is 0 Å². The van der Waals surface area contributed by atoms with E-state index in [0.29, 0.717) is 34.5 Å². The first-order chi connectivity index (χ1) is 13.7. The van der Waals surface area contributed by atoms with Gasteiger partial charge in [-0.25, -0.2) is 4.68 Å². The lowest BCUT2D eigenvalue weighted by Crippen LogP contribution is -2.42. The maximum Gasteiger partial charge on any atom is 0.247 e. The van der Waals surface area contributed by atoms with E-state index < -0.39 is 0 Å². The molecule has 156 valence electrons. The maximum atomic E-state index is 12.5. The number of aryl methyl sites for hydroxylation is 1. The molecule has 0 radical (unpaired) electrons. The van der Waals surface area contributed by atoms with E-state index in [4.69, 9.17) is 23.2 Å². The number of hydrogen-bond donors (Lipinski definition) is 1. The monoisotopic (exact) mass is 436 g/mol. The highest BCUT2D eigenvalue weighted by Gasteiger charge is 2.16. The van der Waals surface area contributed by atoms with Gasteiger partial charge in [-0.2, -0.15) is 5.10 Å². The molecule has 0 fully saturated rings. The normalized spacial score (nSPS) is 11.3. The van der Waals surface area contributed by atoms with Crippen molar-refractivity contribution in [3.05, 3.63) is 57.3 Å². The Labute approximate surface area is 181 Å². The lowest BCUT2D eigenvalue weighted by Gasteiger charge is -2.19. The first-order valence-corrected chi connectivity index (χ1v) is 10.2. The molecule has 1 aromatic carbocycles. The van der Waals surface area contributed by atoms with Crippen molar-refractivity contribution in [2.24, 2.45) is 0 Å². The summed E-state index contributed by atoms with van der Waals surface area (Å²) in [6.07, 6.45) is 3.07. The summed E-state index contributed by atoms with van der Waals surface area (Å²) in [4.78, 5) is 25.9. The Morgan fingerprint density at radius 1 is 1.24 bits per heavy atom. The second kappa shape index (κ2) is 10.5. The fourth-order valence-corrected chi connectivity index (χ4v) is 3.19. The van der Waals surface area contributed by atoms with Crippen LogP contribution in [0.15, 0.2) is 30.3 Å². The molecule has 0 bridgehead atoms. The Balaban J connectivity index is 2.10. The van der Waals surface area contributed by atoms with Gasteiger partial charge >= 0.3 is 0 Å². The molecule has 1 heterocycles. The van der Waals surface area contributed by atoms with E-state index in [2.05, 4.69) is 10.4 Å². The van der Waals surface area contributed by atoms with Crippen molar-refractivity contribution in [2.45, 2.75) is 40.3 Å². The summed E-state index contributed by atoms with van der Waals surface area (Å²) in [6.45, 7) is 8.36. The van der Waals surface area contributed by atoms with Gasteiger partial charge in [0.15, 0.2) is 0 Å². The van der Waals surface area contributed by atoms with Crippen LogP contribution in [0.2, 0.25) is 10.2 Å². The molecule has 0 aliphatic heterocycles. The maximum absolute atomic E-state index is 12.5. The van der Waals surface area contributed by atoms with Crippen LogP contribution in [0.1, 0.15) is 37.6 Å². The van der Waals surface area contributed by atoms with Crippen LogP contribution >= 0.6 is 23.2 Å². The van der Waals surface area contributed by atoms with E-state index in [-0.39, 0.29) is 24.4 Å². The summed E-state index contributed by atoms with van der Waals surface area (Å²) in [5.41, 5.74) is 2.41. The van der Waals surface area contributed by atoms with Crippen LogP contribution in [-0.4, -0.2) is 45.6 Å². The van der Waals surface area contributed by atoms with Crippen LogP contribution in [0.25, 0.3) is 6.08 Å². The minimum Gasteiger partial charge on any atom is -0.352 e. The van der Waals surface area contributed by atoms with Gasteiger partial charge in [-0.3, -0.25) is 9.59 Å². The number of benzene rings is 1. The van der Waals surface area contributed by atoms with E-state index in [0.717, 1.165) is 5.56 Å². The molecule has 2 rings (SSSR count). The molecule has 2 aromatic rings. The standard InChI is InChI=1S/C21H26Cl2N4O2/c1-5-26(13-19(28)24-14(2)3)20(29)11-10-18-15(4)25-27(21(18)23)12-16-6-8-17(22)9-7-16/h6-11,14H,5,12-13H2,1-4H3,(H,24,28). The fraction of sp³-hybridized carbons (Fsp3) is 0.381. The van der Waals surface area contributed by atoms with Crippen molar-refractivity contribution < 1.29 is 9.59 Å². The van der Waals surface area contributed by atoms with Crippen LogP contribution in [0.3, 0.4) is 0 Å². The Bertz CT molecular complexity index is 889. The molecule has 0 saturated carbocycles. The summed E-state index contributed by atoms with van der Waals surface area (Å²) >= 11 is 12.4. The average Bonchev–Trinajstić information content (AvgIpc) is 2.92. The molecule has 1 aromatic heterocycles. The van der Waals surface area contributed by atoms with Crippen LogP contribution in [0, 0.1) is 6.92 Å². The third kappa shape index (κ3) is 6.61. The van der Waals surface area contributed by atoms with Crippen molar-refractivity contribution in [1.82, 2.24) is 20.0 Å². The van der Waals surface area contributed by atoms with Gasteiger partial charge in [-0.05, 0) is 51.5 Å². The third-order valence-corrected chi connectivity index (χ3v) is 4.88. The Kier molecular flexibility index (Phi) is 8.29. The first kappa shape index (κ1) is 23.0. The summed E-state index contributed by atoms with van der Waals surface area (Å²) in [5, 5.41) is 8.36. The highest BCUT2D eigenvalue weighted by Crippen LogP contribution is 2.23. The van der Waals surface area contributed by atoms with Crippen molar-refractivity contribution in [1.29, 1.82) is 0 Å². The van der Waals surface area contributed by atoms with Gasteiger partial charge in [0, 0.05) is 29.2 Å². The van der Waals surface area contributed by atoms with E-state index in [1.807, 2.05) is 52.0 Å². The van der Waals surface area contributed by atoms with Gasteiger partial charge in [0.2, 0.25) is 11.8 Å². The molecular formula is C21H26Cl2N4O2. The zero-order chi connectivity index (χ0) is 21.6. The average molecular weight is 437 g/mol. The van der Waals surface area contributed by atoms with Crippen LogP contribution in [0.5, 0.6) is 0 Å². The zero-order valence-electron chi connectivity index (χ0n) is 17.1. The van der Waals surface area contributed by atoms with Crippen molar-refractivity contribution in [2.75, 3.05) is 13.1 Å². The number of carbonyl (C=O) groups excluding carboxylic acids is 2. The minimum absolute atomic E-state index is 0.0143. The number of likely N-dealkylation sites (N-methyl/N-ethyl adjacent to an activating group) is 1. The predicted octanol–water partition coefficient (Wildman–Crippen LogP) is 3.93. The second-order valence-corrected chi connectivity index (χ2v) is 7.78. The molecule has 1 N–H and O–H groups in total. The fourth-order valence-electron chi connectivity index (χ4n) is 2.77. The van der Waals surface area contributed by atoms with Gasteiger partial charge < -0.3 is 10.2 Å². The number of aromatic nitrogens is 2. The molecule has 0 atom stereocenters. The Morgan fingerprint density at radius 2 is 1.90 bits per heavy atom. The molecule has 8 heteroatoms.